The minimum atomic E-state index is -0.00400. The summed E-state index contributed by atoms with van der Waals surface area (Å²) in [4.78, 5) is 11.5. The molecule has 0 radical (unpaired) electrons. The molecule has 2 aromatic rings. The van der Waals surface area contributed by atoms with Crippen LogP contribution in [0.2, 0.25) is 0 Å². The first-order chi connectivity index (χ1) is 10.8. The lowest BCUT2D eigenvalue weighted by Crippen LogP contribution is -2.26. The number of nitrogens with one attached hydrogen (secondary N) is 1. The van der Waals surface area contributed by atoms with E-state index >= 15 is 0 Å². The van der Waals surface area contributed by atoms with Crippen LogP contribution in [0.5, 0.6) is 0 Å². The lowest BCUT2D eigenvalue weighted by atomic mass is 10.00. The Morgan fingerprint density at radius 2 is 1.91 bits per heavy atom. The van der Waals surface area contributed by atoms with Gasteiger partial charge in [-0.3, -0.25) is 4.79 Å². The van der Waals surface area contributed by atoms with Gasteiger partial charge in [0.25, 0.3) is 0 Å². The van der Waals surface area contributed by atoms with Crippen LogP contribution in [-0.4, -0.2) is 24.2 Å². The molecule has 0 fully saturated rings. The minimum absolute atomic E-state index is 0.00400. The summed E-state index contributed by atoms with van der Waals surface area (Å²) in [5.41, 5.74) is 6.77. The summed E-state index contributed by atoms with van der Waals surface area (Å²) in [5, 5.41) is 11.4. The second-order valence-electron chi connectivity index (χ2n) is 5.75. The Balaban J connectivity index is 1.62. The van der Waals surface area contributed by atoms with E-state index in [-0.39, 0.29) is 12.5 Å². The molecule has 1 aliphatic carbocycles. The Labute approximate surface area is 131 Å². The number of fused-ring (bicyclic) bond motifs is 3. The van der Waals surface area contributed by atoms with Crippen molar-refractivity contribution in [2.45, 2.75) is 25.7 Å². The van der Waals surface area contributed by atoms with Crippen LogP contribution in [0.4, 0.5) is 0 Å². The number of carbonyl (C=O) groups is 1. The van der Waals surface area contributed by atoms with Gasteiger partial charge >= 0.3 is 0 Å². The van der Waals surface area contributed by atoms with Crippen molar-refractivity contribution in [3.8, 4) is 11.1 Å². The second kappa shape index (κ2) is 6.75. The molecule has 2 N–H and O–H groups in total. The summed E-state index contributed by atoms with van der Waals surface area (Å²) < 4.78 is 0. The molecule has 114 valence electrons. The summed E-state index contributed by atoms with van der Waals surface area (Å²) in [6.45, 7) is 0.338. The number of hydrogen-bond acceptors (Lipinski definition) is 2. The molecule has 0 saturated carbocycles. The topological polar surface area (TPSA) is 49.3 Å². The number of amides is 1. The summed E-state index contributed by atoms with van der Waals surface area (Å²) in [6, 6.07) is 15.2. The van der Waals surface area contributed by atoms with E-state index in [1.165, 1.54) is 27.8 Å². The quantitative estimate of drug-likeness (QED) is 0.734. The van der Waals surface area contributed by atoms with E-state index in [4.69, 9.17) is 5.11 Å². The van der Waals surface area contributed by atoms with E-state index in [9.17, 15) is 4.79 Å². The summed E-state index contributed by atoms with van der Waals surface area (Å²) in [6.07, 6.45) is 3.27. The molecule has 0 saturated heterocycles. The van der Waals surface area contributed by atoms with Crippen molar-refractivity contribution in [1.29, 1.82) is 0 Å². The van der Waals surface area contributed by atoms with Crippen molar-refractivity contribution in [3.05, 3.63) is 59.2 Å². The third-order valence-corrected chi connectivity index (χ3v) is 4.17. The van der Waals surface area contributed by atoms with Gasteiger partial charge in [0.05, 0.1) is 6.61 Å². The summed E-state index contributed by atoms with van der Waals surface area (Å²) in [5.74, 6) is 0.0144. The number of aliphatic hydroxyl groups excluding tert-OH is 1. The van der Waals surface area contributed by atoms with Gasteiger partial charge in [-0.1, -0.05) is 42.5 Å². The fourth-order valence-electron chi connectivity index (χ4n) is 3.06. The van der Waals surface area contributed by atoms with Crippen molar-refractivity contribution in [1.82, 2.24) is 5.32 Å². The van der Waals surface area contributed by atoms with Crippen LogP contribution < -0.4 is 5.32 Å². The Bertz CT molecular complexity index is 679. The van der Waals surface area contributed by atoms with Crippen LogP contribution in [0.1, 0.15) is 29.5 Å². The molecule has 3 nitrogen and oxygen atoms in total. The first kappa shape index (κ1) is 14.8. The molecule has 0 heterocycles. The predicted molar refractivity (Wildman–Crippen MR) is 87.7 cm³/mol. The van der Waals surface area contributed by atoms with Crippen molar-refractivity contribution < 1.29 is 9.90 Å². The Morgan fingerprint density at radius 3 is 2.77 bits per heavy atom. The van der Waals surface area contributed by atoms with Crippen LogP contribution in [0.25, 0.3) is 11.1 Å². The molecule has 3 rings (SSSR count). The van der Waals surface area contributed by atoms with Crippen molar-refractivity contribution >= 4 is 5.91 Å². The van der Waals surface area contributed by atoms with Crippen LogP contribution in [-0.2, 0) is 17.6 Å². The Hall–Kier alpha value is -2.13. The Morgan fingerprint density at radius 1 is 1.09 bits per heavy atom. The van der Waals surface area contributed by atoms with Gasteiger partial charge in [0.1, 0.15) is 0 Å². The standard InChI is InChI=1S/C19H21NO2/c21-11-10-20-19(22)7-3-4-14-8-9-16-13-15-5-1-2-6-17(15)18(16)12-14/h1-2,5-6,8-9,12,21H,3-4,7,10-11,13H2,(H,20,22). The Kier molecular flexibility index (Phi) is 4.54. The number of aryl methyl sites for hydroxylation is 1. The number of aliphatic hydroxyl groups is 1. The maximum absolute atomic E-state index is 11.5. The van der Waals surface area contributed by atoms with E-state index in [0.717, 1.165) is 19.3 Å². The normalized spacial score (nSPS) is 11.9. The van der Waals surface area contributed by atoms with Crippen molar-refractivity contribution in [3.63, 3.8) is 0 Å². The third kappa shape index (κ3) is 3.20. The maximum Gasteiger partial charge on any atom is 0.220 e. The van der Waals surface area contributed by atoms with E-state index < -0.39 is 0 Å². The average molecular weight is 295 g/mol. The zero-order chi connectivity index (χ0) is 15.4. The molecule has 1 aliphatic rings. The van der Waals surface area contributed by atoms with Gasteiger partial charge in [-0.15, -0.1) is 0 Å². The average Bonchev–Trinajstić information content (AvgIpc) is 2.91. The van der Waals surface area contributed by atoms with Crippen LogP contribution in [0.15, 0.2) is 42.5 Å². The summed E-state index contributed by atoms with van der Waals surface area (Å²) >= 11 is 0. The van der Waals surface area contributed by atoms with E-state index in [0.29, 0.717) is 13.0 Å². The first-order valence-corrected chi connectivity index (χ1v) is 7.85. The highest BCUT2D eigenvalue weighted by Crippen LogP contribution is 2.36. The highest BCUT2D eigenvalue weighted by molar-refractivity contribution is 5.77. The maximum atomic E-state index is 11.5. The molecular formula is C19H21NO2. The van der Waals surface area contributed by atoms with E-state index in [1.807, 2.05) is 0 Å². The monoisotopic (exact) mass is 295 g/mol. The van der Waals surface area contributed by atoms with E-state index in [1.54, 1.807) is 0 Å². The molecule has 0 atom stereocenters. The predicted octanol–water partition coefficient (Wildman–Crippen LogP) is 2.69. The van der Waals surface area contributed by atoms with Gasteiger partial charge in [0.15, 0.2) is 0 Å². The minimum Gasteiger partial charge on any atom is -0.395 e. The molecule has 0 unspecified atom stereocenters. The third-order valence-electron chi connectivity index (χ3n) is 4.17. The largest absolute Gasteiger partial charge is 0.395 e. The first-order valence-electron chi connectivity index (χ1n) is 7.85. The molecule has 1 amide bonds. The number of hydrogen-bond donors (Lipinski definition) is 2. The highest BCUT2D eigenvalue weighted by Gasteiger charge is 2.17. The van der Waals surface area contributed by atoms with Gasteiger partial charge in [0.2, 0.25) is 5.91 Å². The second-order valence-corrected chi connectivity index (χ2v) is 5.75. The van der Waals surface area contributed by atoms with Gasteiger partial charge in [-0.2, -0.15) is 0 Å². The number of benzene rings is 2. The fourth-order valence-corrected chi connectivity index (χ4v) is 3.06. The molecular weight excluding hydrogens is 274 g/mol. The van der Waals surface area contributed by atoms with Crippen LogP contribution >= 0.6 is 0 Å². The van der Waals surface area contributed by atoms with Crippen LogP contribution in [0, 0.1) is 0 Å². The summed E-state index contributed by atoms with van der Waals surface area (Å²) in [7, 11) is 0. The van der Waals surface area contributed by atoms with Gasteiger partial charge in [-0.25, -0.2) is 0 Å². The molecule has 0 aromatic heterocycles. The molecule has 0 aliphatic heterocycles. The highest BCUT2D eigenvalue weighted by atomic mass is 16.3. The van der Waals surface area contributed by atoms with Crippen molar-refractivity contribution in [2.75, 3.05) is 13.2 Å². The van der Waals surface area contributed by atoms with Gasteiger partial charge < -0.3 is 10.4 Å². The number of carbonyl (C=O) groups excluding carboxylic acids is 1. The molecule has 0 spiro atoms. The molecule has 22 heavy (non-hydrogen) atoms. The smallest absolute Gasteiger partial charge is 0.220 e. The van der Waals surface area contributed by atoms with E-state index in [2.05, 4.69) is 47.8 Å². The molecule has 2 aromatic carbocycles. The number of rotatable bonds is 6. The lowest BCUT2D eigenvalue weighted by molar-refractivity contribution is -0.121. The molecule has 0 bridgehead atoms. The SMILES string of the molecule is O=C(CCCc1ccc2c(c1)-c1ccccc1C2)NCCO. The van der Waals surface area contributed by atoms with Crippen LogP contribution in [0.3, 0.4) is 0 Å². The van der Waals surface area contributed by atoms with Crippen molar-refractivity contribution in [2.24, 2.45) is 0 Å². The zero-order valence-electron chi connectivity index (χ0n) is 12.6. The van der Waals surface area contributed by atoms with Gasteiger partial charge in [-0.05, 0) is 47.1 Å². The van der Waals surface area contributed by atoms with Gasteiger partial charge in [0, 0.05) is 13.0 Å². The fraction of sp³-hybridized carbons (Fsp3) is 0.316. The lowest BCUT2D eigenvalue weighted by Gasteiger charge is -2.06. The zero-order valence-corrected chi connectivity index (χ0v) is 12.6. The molecule has 3 heteroatoms.